The first-order chi connectivity index (χ1) is 14.3. The van der Waals surface area contributed by atoms with Crippen molar-refractivity contribution in [2.75, 3.05) is 25.0 Å². The van der Waals surface area contributed by atoms with Crippen LogP contribution in [-0.4, -0.2) is 30.6 Å². The first kappa shape index (κ1) is 21.8. The number of hydrogen-bond acceptors (Lipinski definition) is 6. The molecule has 30 heavy (non-hydrogen) atoms. The third-order valence-corrected chi connectivity index (χ3v) is 5.28. The summed E-state index contributed by atoms with van der Waals surface area (Å²) >= 11 is 1.15. The highest BCUT2D eigenvalue weighted by atomic mass is 32.1. The zero-order valence-corrected chi connectivity index (χ0v) is 16.9. The van der Waals surface area contributed by atoms with Gasteiger partial charge in [-0.2, -0.15) is 13.2 Å². The summed E-state index contributed by atoms with van der Waals surface area (Å²) in [5.74, 6) is -0.109. The number of rotatable bonds is 7. The van der Waals surface area contributed by atoms with Gasteiger partial charge in [-0.3, -0.25) is 0 Å². The van der Waals surface area contributed by atoms with Gasteiger partial charge in [-0.05, 0) is 24.1 Å². The lowest BCUT2D eigenvalue weighted by Crippen LogP contribution is -2.15. The van der Waals surface area contributed by atoms with Gasteiger partial charge in [0.2, 0.25) is 0 Å². The Balaban J connectivity index is 1.95. The number of nitrogens with zero attached hydrogens (tertiary/aromatic N) is 1. The highest BCUT2D eigenvalue weighted by Crippen LogP contribution is 2.38. The normalized spacial score (nSPS) is 11.4. The van der Waals surface area contributed by atoms with Crippen LogP contribution in [0.1, 0.15) is 22.2 Å². The number of anilines is 1. The van der Waals surface area contributed by atoms with Crippen LogP contribution in [0.25, 0.3) is 21.7 Å². The lowest BCUT2D eigenvalue weighted by Gasteiger charge is -2.12. The fourth-order valence-corrected chi connectivity index (χ4v) is 3.80. The summed E-state index contributed by atoms with van der Waals surface area (Å²) in [5, 5.41) is 3.55. The molecule has 0 saturated carbocycles. The maximum absolute atomic E-state index is 13.3. The van der Waals surface area contributed by atoms with Crippen molar-refractivity contribution in [2.24, 2.45) is 5.73 Å². The largest absolute Gasteiger partial charge is 0.462 e. The van der Waals surface area contributed by atoms with Gasteiger partial charge in [-0.15, -0.1) is 11.3 Å². The van der Waals surface area contributed by atoms with E-state index in [0.717, 1.165) is 17.4 Å². The average molecular weight is 435 g/mol. The summed E-state index contributed by atoms with van der Waals surface area (Å²) in [4.78, 5) is 17.0. The van der Waals surface area contributed by atoms with Crippen LogP contribution in [-0.2, 0) is 10.9 Å². The van der Waals surface area contributed by atoms with Crippen LogP contribution in [0.5, 0.6) is 0 Å². The number of aromatic nitrogens is 1. The molecule has 0 saturated heterocycles. The molecular weight excluding hydrogens is 415 g/mol. The average Bonchev–Trinajstić information content (AvgIpc) is 3.16. The lowest BCUT2D eigenvalue weighted by atomic mass is 9.98. The maximum Gasteiger partial charge on any atom is 0.417 e. The first-order valence-corrected chi connectivity index (χ1v) is 10.1. The van der Waals surface area contributed by atoms with E-state index in [9.17, 15) is 18.0 Å². The second kappa shape index (κ2) is 9.27. The Kier molecular flexibility index (Phi) is 6.73. The van der Waals surface area contributed by atoms with Crippen LogP contribution in [0.2, 0.25) is 0 Å². The van der Waals surface area contributed by atoms with E-state index in [4.69, 9.17) is 10.5 Å². The number of hydrogen-bond donors (Lipinski definition) is 2. The Morgan fingerprint density at radius 2 is 1.80 bits per heavy atom. The fraction of sp³-hybridized carbons (Fsp3) is 0.238. The van der Waals surface area contributed by atoms with Crippen LogP contribution in [0.15, 0.2) is 48.5 Å². The van der Waals surface area contributed by atoms with Gasteiger partial charge in [0.1, 0.15) is 5.01 Å². The van der Waals surface area contributed by atoms with Gasteiger partial charge < -0.3 is 15.8 Å². The third kappa shape index (κ3) is 4.80. The Bertz CT molecular complexity index is 1020. The Hall–Kier alpha value is -2.91. The van der Waals surface area contributed by atoms with Crippen LogP contribution < -0.4 is 11.1 Å². The number of benzene rings is 2. The molecule has 0 amide bonds. The minimum Gasteiger partial charge on any atom is -0.462 e. The van der Waals surface area contributed by atoms with Crippen molar-refractivity contribution in [1.82, 2.24) is 4.98 Å². The van der Waals surface area contributed by atoms with Crippen molar-refractivity contribution in [1.29, 1.82) is 0 Å². The SMILES string of the molecule is CCOC(=O)c1sc(-c2ccc(-c3ccccc3C(F)(F)F)cc2)nc1NCCN. The Labute approximate surface area is 175 Å². The summed E-state index contributed by atoms with van der Waals surface area (Å²) < 4.78 is 45.0. The second-order valence-electron chi connectivity index (χ2n) is 6.25. The Morgan fingerprint density at radius 3 is 2.43 bits per heavy atom. The quantitative estimate of drug-likeness (QED) is 0.508. The zero-order valence-electron chi connectivity index (χ0n) is 16.1. The van der Waals surface area contributed by atoms with E-state index in [1.165, 1.54) is 12.1 Å². The molecule has 2 aromatic carbocycles. The molecule has 0 atom stereocenters. The molecule has 0 aliphatic carbocycles. The molecule has 0 spiro atoms. The van der Waals surface area contributed by atoms with E-state index in [-0.39, 0.29) is 12.2 Å². The predicted octanol–water partition coefficient (Wildman–Crippen LogP) is 5.04. The number of alkyl halides is 3. The summed E-state index contributed by atoms with van der Waals surface area (Å²) in [6.07, 6.45) is -4.44. The second-order valence-corrected chi connectivity index (χ2v) is 7.25. The van der Waals surface area contributed by atoms with Gasteiger partial charge in [0.05, 0.1) is 12.2 Å². The van der Waals surface area contributed by atoms with Crippen molar-refractivity contribution in [3.63, 3.8) is 0 Å². The molecule has 1 aromatic heterocycles. The minimum atomic E-state index is -4.44. The maximum atomic E-state index is 13.3. The van der Waals surface area contributed by atoms with Gasteiger partial charge in [0, 0.05) is 18.7 Å². The number of nitrogens with one attached hydrogen (secondary N) is 1. The van der Waals surface area contributed by atoms with E-state index in [2.05, 4.69) is 10.3 Å². The molecule has 3 aromatic rings. The van der Waals surface area contributed by atoms with Crippen molar-refractivity contribution in [3.8, 4) is 21.7 Å². The monoisotopic (exact) mass is 435 g/mol. The van der Waals surface area contributed by atoms with E-state index in [0.29, 0.717) is 39.9 Å². The number of ether oxygens (including phenoxy) is 1. The number of carbonyl (C=O) groups is 1. The van der Waals surface area contributed by atoms with Crippen molar-refractivity contribution in [2.45, 2.75) is 13.1 Å². The fourth-order valence-electron chi connectivity index (χ4n) is 2.86. The smallest absolute Gasteiger partial charge is 0.417 e. The molecule has 1 heterocycles. The molecule has 3 N–H and O–H groups in total. The number of halogens is 3. The summed E-state index contributed by atoms with van der Waals surface area (Å²) in [6.45, 7) is 2.74. The molecule has 0 aliphatic rings. The van der Waals surface area contributed by atoms with Gasteiger partial charge in [0.25, 0.3) is 0 Å². The number of esters is 1. The lowest BCUT2D eigenvalue weighted by molar-refractivity contribution is -0.137. The van der Waals surface area contributed by atoms with Crippen molar-refractivity contribution >= 4 is 23.1 Å². The van der Waals surface area contributed by atoms with Crippen molar-refractivity contribution < 1.29 is 22.7 Å². The van der Waals surface area contributed by atoms with E-state index in [1.807, 2.05) is 0 Å². The molecule has 3 rings (SSSR count). The van der Waals surface area contributed by atoms with Gasteiger partial charge in [-0.1, -0.05) is 42.5 Å². The molecule has 9 heteroatoms. The first-order valence-electron chi connectivity index (χ1n) is 9.24. The van der Waals surface area contributed by atoms with Gasteiger partial charge >= 0.3 is 12.1 Å². The molecule has 158 valence electrons. The summed E-state index contributed by atoms with van der Waals surface area (Å²) in [6, 6.07) is 12.0. The molecule has 0 unspecified atom stereocenters. The van der Waals surface area contributed by atoms with Crippen LogP contribution in [0.3, 0.4) is 0 Å². The molecule has 0 fully saturated rings. The van der Waals surface area contributed by atoms with Crippen LogP contribution in [0.4, 0.5) is 19.0 Å². The third-order valence-electron chi connectivity index (χ3n) is 4.20. The zero-order chi connectivity index (χ0) is 21.7. The summed E-state index contributed by atoms with van der Waals surface area (Å²) in [7, 11) is 0. The highest BCUT2D eigenvalue weighted by Gasteiger charge is 2.33. The van der Waals surface area contributed by atoms with Gasteiger partial charge in [0.15, 0.2) is 10.7 Å². The van der Waals surface area contributed by atoms with Crippen LogP contribution in [0, 0.1) is 0 Å². The molecule has 0 bridgehead atoms. The number of thiazole rings is 1. The van der Waals surface area contributed by atoms with E-state index >= 15 is 0 Å². The van der Waals surface area contributed by atoms with Gasteiger partial charge in [-0.25, -0.2) is 9.78 Å². The van der Waals surface area contributed by atoms with Crippen LogP contribution >= 0.6 is 11.3 Å². The minimum absolute atomic E-state index is 0.105. The number of carbonyl (C=O) groups excluding carboxylic acids is 1. The highest BCUT2D eigenvalue weighted by molar-refractivity contribution is 7.17. The molecular formula is C21H20F3N3O2S. The topological polar surface area (TPSA) is 77.2 Å². The van der Waals surface area contributed by atoms with Crippen molar-refractivity contribution in [3.05, 3.63) is 59.0 Å². The molecule has 5 nitrogen and oxygen atoms in total. The standard InChI is InChI=1S/C21H20F3N3O2S/c1-2-29-20(28)17-18(26-12-11-25)27-19(30-17)14-9-7-13(8-10-14)15-5-3-4-6-16(15)21(22,23)24/h3-10,26H,2,11-12,25H2,1H3. The number of nitrogens with two attached hydrogens (primary N) is 1. The van der Waals surface area contributed by atoms with E-state index in [1.54, 1.807) is 37.3 Å². The predicted molar refractivity (Wildman–Crippen MR) is 111 cm³/mol. The molecule has 0 radical (unpaired) electrons. The Morgan fingerprint density at radius 1 is 1.13 bits per heavy atom. The summed E-state index contributed by atoms with van der Waals surface area (Å²) in [5.41, 5.74) is 6.05. The van der Waals surface area contributed by atoms with E-state index < -0.39 is 17.7 Å². The molecule has 0 aliphatic heterocycles.